The maximum atomic E-state index is 13.8. The zero-order chi connectivity index (χ0) is 37.4. The van der Waals surface area contributed by atoms with Crippen molar-refractivity contribution in [3.05, 3.63) is 148 Å². The number of carbonyl (C=O) groups excluding carboxylic acids is 1. The fraction of sp³-hybridized carbons (Fsp3) is 0.295. The van der Waals surface area contributed by atoms with E-state index < -0.39 is 5.60 Å². The normalized spacial score (nSPS) is 14.1. The first-order valence-electron chi connectivity index (χ1n) is 17.7. The largest absolute Gasteiger partial charge is 0.497 e. The first kappa shape index (κ1) is 37.4. The number of rotatable bonds is 12. The van der Waals surface area contributed by atoms with E-state index in [4.69, 9.17) is 40.0 Å². The van der Waals surface area contributed by atoms with E-state index in [0.717, 1.165) is 50.6 Å². The highest BCUT2D eigenvalue weighted by Crippen LogP contribution is 2.44. The lowest BCUT2D eigenvalue weighted by Crippen LogP contribution is -2.40. The van der Waals surface area contributed by atoms with Gasteiger partial charge >= 0.3 is 6.09 Å². The summed E-state index contributed by atoms with van der Waals surface area (Å²) < 4.78 is 35.6. The number of amides is 1. The fourth-order valence-electron chi connectivity index (χ4n) is 6.22. The third-order valence-corrected chi connectivity index (χ3v) is 9.41. The average molecular weight is 736 g/mol. The molecule has 1 aliphatic rings. The summed E-state index contributed by atoms with van der Waals surface area (Å²) in [5, 5.41) is 0.468. The molecule has 1 aliphatic heterocycles. The molecule has 8 nitrogen and oxygen atoms in total. The quantitative estimate of drug-likeness (QED) is 0.126. The summed E-state index contributed by atoms with van der Waals surface area (Å²) in [6.07, 6.45) is 0.596. The molecule has 5 aromatic carbocycles. The number of fused-ring (bicyclic) bond motifs is 1. The summed E-state index contributed by atoms with van der Waals surface area (Å²) >= 11 is 7.28. The summed E-state index contributed by atoms with van der Waals surface area (Å²) in [5.74, 6) is 3.25. The molecule has 0 saturated heterocycles. The van der Waals surface area contributed by atoms with Crippen LogP contribution in [-0.2, 0) is 37.4 Å². The number of carbonyl (C=O) groups is 1. The van der Waals surface area contributed by atoms with Gasteiger partial charge in [0.1, 0.15) is 42.7 Å². The van der Waals surface area contributed by atoms with Crippen LogP contribution in [0.25, 0.3) is 0 Å². The number of nitrogens with zero attached hydrogens (tertiary/aromatic N) is 1. The minimum Gasteiger partial charge on any atom is -0.497 e. The molecule has 1 unspecified atom stereocenters. The molecule has 1 heterocycles. The van der Waals surface area contributed by atoms with Gasteiger partial charge in [-0.2, -0.15) is 0 Å². The molecule has 1 atom stereocenters. The molecule has 9 heteroatoms. The maximum absolute atomic E-state index is 13.8. The smallest absolute Gasteiger partial charge is 0.410 e. The Balaban J connectivity index is 1.33. The maximum Gasteiger partial charge on any atom is 0.410 e. The monoisotopic (exact) mass is 735 g/mol. The molecule has 0 radical (unpaired) electrons. The van der Waals surface area contributed by atoms with Crippen LogP contribution in [0.2, 0.25) is 5.02 Å². The van der Waals surface area contributed by atoms with Gasteiger partial charge in [0.2, 0.25) is 0 Å². The molecule has 0 bridgehead atoms. The van der Waals surface area contributed by atoms with Crippen molar-refractivity contribution in [1.82, 2.24) is 4.90 Å². The lowest BCUT2D eigenvalue weighted by atomic mass is 9.95. The lowest BCUT2D eigenvalue weighted by Gasteiger charge is -2.32. The number of halogens is 1. The molecule has 53 heavy (non-hydrogen) atoms. The summed E-state index contributed by atoms with van der Waals surface area (Å²) in [6.45, 7) is 7.04. The fourth-order valence-corrected chi connectivity index (χ4v) is 6.59. The van der Waals surface area contributed by atoms with E-state index in [1.54, 1.807) is 19.1 Å². The van der Waals surface area contributed by atoms with Gasteiger partial charge in [0.05, 0.1) is 25.3 Å². The van der Waals surface area contributed by atoms with E-state index in [1.165, 1.54) is 0 Å². The minimum absolute atomic E-state index is 0.271. The Kier molecular flexibility index (Phi) is 12.0. The zero-order valence-corrected chi connectivity index (χ0v) is 31.7. The van der Waals surface area contributed by atoms with Crippen LogP contribution in [0.1, 0.15) is 60.2 Å². The number of benzene rings is 5. The molecule has 6 rings (SSSR count). The summed E-state index contributed by atoms with van der Waals surface area (Å²) in [7, 11) is 3.28. The van der Waals surface area contributed by atoms with E-state index in [9.17, 15) is 4.79 Å². The van der Waals surface area contributed by atoms with Crippen molar-refractivity contribution in [2.45, 2.75) is 65.1 Å². The van der Waals surface area contributed by atoms with Gasteiger partial charge in [-0.05, 0) is 109 Å². The molecule has 0 spiro atoms. The first-order valence-corrected chi connectivity index (χ1v) is 18.1. The Morgan fingerprint density at radius 3 is 1.85 bits per heavy atom. The van der Waals surface area contributed by atoms with E-state index in [2.05, 4.69) is 0 Å². The lowest BCUT2D eigenvalue weighted by molar-refractivity contribution is 0.0166. The Hall–Kier alpha value is -5.34. The predicted octanol–water partition coefficient (Wildman–Crippen LogP) is 10.2. The molecule has 0 aromatic heterocycles. The SMILES string of the molecule is COc1ccc(COc2cc3c(c(Cl)c2OCc2ccc(OC)cc2)CCN(C(=O)OC(C)(C)C)C(c2ccc(OCc4ccccc4)cc2)C3)cc1. The minimum atomic E-state index is -0.668. The second-order valence-corrected chi connectivity index (χ2v) is 14.3. The first-order chi connectivity index (χ1) is 25.6. The van der Waals surface area contributed by atoms with Crippen molar-refractivity contribution in [3.63, 3.8) is 0 Å². The zero-order valence-electron chi connectivity index (χ0n) is 30.9. The van der Waals surface area contributed by atoms with Crippen molar-refractivity contribution in [1.29, 1.82) is 0 Å². The van der Waals surface area contributed by atoms with Crippen molar-refractivity contribution in [2.75, 3.05) is 20.8 Å². The summed E-state index contributed by atoms with van der Waals surface area (Å²) in [6, 6.07) is 35.1. The molecule has 276 valence electrons. The Labute approximate surface area is 317 Å². The van der Waals surface area contributed by atoms with Crippen LogP contribution in [0.4, 0.5) is 4.79 Å². The van der Waals surface area contributed by atoms with E-state index >= 15 is 0 Å². The number of ether oxygens (including phenoxy) is 6. The molecule has 0 N–H and O–H groups in total. The van der Waals surface area contributed by atoms with Crippen molar-refractivity contribution in [2.24, 2.45) is 0 Å². The molecule has 0 saturated carbocycles. The van der Waals surface area contributed by atoms with Crippen LogP contribution >= 0.6 is 11.6 Å². The topological polar surface area (TPSA) is 75.7 Å². The van der Waals surface area contributed by atoms with Gasteiger partial charge in [0.15, 0.2) is 11.5 Å². The van der Waals surface area contributed by atoms with E-state index in [-0.39, 0.29) is 25.3 Å². The molecule has 0 aliphatic carbocycles. The van der Waals surface area contributed by atoms with Crippen molar-refractivity contribution < 1.29 is 33.2 Å². The Morgan fingerprint density at radius 2 is 1.26 bits per heavy atom. The van der Waals surface area contributed by atoms with Crippen LogP contribution in [0, 0.1) is 0 Å². The highest BCUT2D eigenvalue weighted by atomic mass is 35.5. The third-order valence-electron chi connectivity index (χ3n) is 9.01. The molecule has 0 fully saturated rings. The van der Waals surface area contributed by atoms with Crippen LogP contribution < -0.4 is 23.7 Å². The Bertz CT molecular complexity index is 1960. The van der Waals surface area contributed by atoms with Gasteiger partial charge in [-0.15, -0.1) is 0 Å². The van der Waals surface area contributed by atoms with E-state index in [0.29, 0.717) is 42.5 Å². The molecule has 1 amide bonds. The summed E-state index contributed by atoms with van der Waals surface area (Å²) in [5.41, 5.74) is 5.16. The van der Waals surface area contributed by atoms with Crippen molar-refractivity contribution >= 4 is 17.7 Å². The van der Waals surface area contributed by atoms with Gasteiger partial charge in [-0.1, -0.05) is 78.3 Å². The average Bonchev–Trinajstić information content (AvgIpc) is 3.36. The predicted molar refractivity (Wildman–Crippen MR) is 206 cm³/mol. The second-order valence-electron chi connectivity index (χ2n) is 13.9. The van der Waals surface area contributed by atoms with Gasteiger partial charge in [0.25, 0.3) is 0 Å². The highest BCUT2D eigenvalue weighted by Gasteiger charge is 2.34. The number of hydrogen-bond donors (Lipinski definition) is 0. The highest BCUT2D eigenvalue weighted by molar-refractivity contribution is 6.33. The van der Waals surface area contributed by atoms with Crippen LogP contribution in [0.15, 0.2) is 109 Å². The van der Waals surface area contributed by atoms with Gasteiger partial charge in [-0.3, -0.25) is 0 Å². The summed E-state index contributed by atoms with van der Waals surface area (Å²) in [4.78, 5) is 15.6. The van der Waals surface area contributed by atoms with Gasteiger partial charge in [0, 0.05) is 6.54 Å². The molecular weight excluding hydrogens is 690 g/mol. The van der Waals surface area contributed by atoms with Crippen LogP contribution in [0.3, 0.4) is 0 Å². The van der Waals surface area contributed by atoms with E-state index in [1.807, 2.05) is 130 Å². The number of hydrogen-bond acceptors (Lipinski definition) is 7. The third kappa shape index (κ3) is 9.76. The van der Waals surface area contributed by atoms with Gasteiger partial charge in [-0.25, -0.2) is 4.79 Å². The van der Waals surface area contributed by atoms with Gasteiger partial charge < -0.3 is 33.3 Å². The Morgan fingerprint density at radius 1 is 0.717 bits per heavy atom. The molecular formula is C44H46ClNO7. The van der Waals surface area contributed by atoms with Crippen LogP contribution in [-0.4, -0.2) is 37.4 Å². The molecule has 5 aromatic rings. The van der Waals surface area contributed by atoms with Crippen LogP contribution in [0.5, 0.6) is 28.7 Å². The number of methoxy groups -OCH3 is 2. The second kappa shape index (κ2) is 17.0. The standard InChI is InChI=1S/C44H46ClNO7/c1-44(2,3)53-43(47)46-24-23-38-34(25-39(46)33-15-21-37(22-16-33)50-27-30-9-7-6-8-10-30)26-40(51-28-31-11-17-35(48-4)18-12-31)42(41(38)45)52-29-32-13-19-36(49-5)20-14-32/h6-22,26,39H,23-25,27-29H2,1-5H3. The van der Waals surface area contributed by atoms with Crippen molar-refractivity contribution in [3.8, 4) is 28.7 Å².